The minimum Gasteiger partial charge on any atom is -0.348 e. The van der Waals surface area contributed by atoms with E-state index in [4.69, 9.17) is 0 Å². The maximum atomic E-state index is 11.1. The summed E-state index contributed by atoms with van der Waals surface area (Å²) in [6, 6.07) is 0. The monoisotopic (exact) mass is 166 g/mol. The molecule has 12 heavy (non-hydrogen) atoms. The van der Waals surface area contributed by atoms with Gasteiger partial charge < -0.3 is 4.98 Å². The zero-order valence-corrected chi connectivity index (χ0v) is 7.50. The first-order valence-corrected chi connectivity index (χ1v) is 4.21. The molecule has 3 nitrogen and oxygen atoms in total. The van der Waals surface area contributed by atoms with Crippen LogP contribution in [0.15, 0.2) is 12.5 Å². The third kappa shape index (κ3) is 2.19. The lowest BCUT2D eigenvalue weighted by Crippen LogP contribution is -2.12. The molecule has 1 aromatic rings. The van der Waals surface area contributed by atoms with Crippen LogP contribution < -0.4 is 0 Å². The third-order valence-corrected chi connectivity index (χ3v) is 2.09. The van der Waals surface area contributed by atoms with Gasteiger partial charge in [-0.25, -0.2) is 4.98 Å². The van der Waals surface area contributed by atoms with Gasteiger partial charge in [-0.15, -0.1) is 0 Å². The lowest BCUT2D eigenvalue weighted by molar-refractivity contribution is -0.120. The van der Waals surface area contributed by atoms with Crippen molar-refractivity contribution < 1.29 is 4.79 Å². The largest absolute Gasteiger partial charge is 0.348 e. The Kier molecular flexibility index (Phi) is 3.02. The first-order valence-electron chi connectivity index (χ1n) is 4.21. The highest BCUT2D eigenvalue weighted by Gasteiger charge is 2.12. The second-order valence-electron chi connectivity index (χ2n) is 3.00. The second-order valence-corrected chi connectivity index (χ2v) is 3.00. The number of hydrogen-bond acceptors (Lipinski definition) is 2. The van der Waals surface area contributed by atoms with Crippen molar-refractivity contribution in [1.82, 2.24) is 9.97 Å². The first-order chi connectivity index (χ1) is 5.74. The van der Waals surface area contributed by atoms with Gasteiger partial charge in [-0.2, -0.15) is 0 Å². The molecule has 0 aliphatic heterocycles. The van der Waals surface area contributed by atoms with Gasteiger partial charge in [-0.1, -0.05) is 6.92 Å². The van der Waals surface area contributed by atoms with E-state index in [0.717, 1.165) is 18.5 Å². The van der Waals surface area contributed by atoms with Crippen molar-refractivity contribution in [3.8, 4) is 0 Å². The van der Waals surface area contributed by atoms with Crippen LogP contribution in [0.2, 0.25) is 0 Å². The number of ketones is 1. The zero-order chi connectivity index (χ0) is 8.97. The molecule has 1 N–H and O–H groups in total. The Balaban J connectivity index is 2.54. The summed E-state index contributed by atoms with van der Waals surface area (Å²) in [5, 5.41) is 0. The van der Waals surface area contributed by atoms with Gasteiger partial charge in [0, 0.05) is 17.8 Å². The molecule has 0 radical (unpaired) electrons. The molecule has 0 fully saturated rings. The summed E-state index contributed by atoms with van der Waals surface area (Å²) < 4.78 is 0. The molecule has 1 aromatic heterocycles. The van der Waals surface area contributed by atoms with Crippen LogP contribution in [-0.2, 0) is 11.2 Å². The van der Waals surface area contributed by atoms with E-state index in [-0.39, 0.29) is 11.7 Å². The van der Waals surface area contributed by atoms with Crippen molar-refractivity contribution in [1.29, 1.82) is 0 Å². The summed E-state index contributed by atoms with van der Waals surface area (Å²) in [6.45, 7) is 3.67. The topological polar surface area (TPSA) is 45.8 Å². The number of carbonyl (C=O) groups is 1. The molecule has 0 aromatic carbocycles. The minimum absolute atomic E-state index is 0.144. The fourth-order valence-electron chi connectivity index (χ4n) is 1.24. The first kappa shape index (κ1) is 8.97. The van der Waals surface area contributed by atoms with Crippen LogP contribution in [0.3, 0.4) is 0 Å². The second kappa shape index (κ2) is 4.04. The molecule has 66 valence electrons. The summed E-state index contributed by atoms with van der Waals surface area (Å²) in [4.78, 5) is 18.0. The number of rotatable bonds is 4. The van der Waals surface area contributed by atoms with Gasteiger partial charge in [0.1, 0.15) is 5.78 Å². The summed E-state index contributed by atoms with van der Waals surface area (Å²) in [6.07, 6.45) is 5.09. The average Bonchev–Trinajstić information content (AvgIpc) is 2.51. The van der Waals surface area contributed by atoms with Crippen LogP contribution in [0.5, 0.6) is 0 Å². The smallest absolute Gasteiger partial charge is 0.133 e. The van der Waals surface area contributed by atoms with Gasteiger partial charge in [-0.3, -0.25) is 4.79 Å². The molecule has 1 atom stereocenters. The van der Waals surface area contributed by atoms with Crippen LogP contribution in [0.1, 0.15) is 26.0 Å². The molecule has 0 amide bonds. The number of aromatic nitrogens is 2. The van der Waals surface area contributed by atoms with Crippen molar-refractivity contribution >= 4 is 5.78 Å². The van der Waals surface area contributed by atoms with Gasteiger partial charge in [0.2, 0.25) is 0 Å². The lowest BCUT2D eigenvalue weighted by Gasteiger charge is -2.08. The van der Waals surface area contributed by atoms with E-state index < -0.39 is 0 Å². The van der Waals surface area contributed by atoms with E-state index >= 15 is 0 Å². The van der Waals surface area contributed by atoms with Crippen molar-refractivity contribution in [2.24, 2.45) is 5.92 Å². The molecule has 0 unspecified atom stereocenters. The number of carbonyl (C=O) groups excluding carboxylic acids is 1. The highest BCUT2D eigenvalue weighted by Crippen LogP contribution is 2.10. The standard InChI is InChI=1S/C9H14N2O/c1-3-8(7(2)12)4-9-5-10-6-11-9/h5-6,8H,3-4H2,1-2H3,(H,10,11)/t8-/m1/s1. The highest BCUT2D eigenvalue weighted by atomic mass is 16.1. The van der Waals surface area contributed by atoms with Gasteiger partial charge in [0.25, 0.3) is 0 Å². The van der Waals surface area contributed by atoms with E-state index in [9.17, 15) is 4.79 Å². The number of aromatic amines is 1. The molecule has 0 saturated carbocycles. The molecule has 0 saturated heterocycles. The van der Waals surface area contributed by atoms with Crippen LogP contribution >= 0.6 is 0 Å². The maximum Gasteiger partial charge on any atom is 0.133 e. The number of Topliss-reactive ketones (excluding diaryl/α,β-unsaturated/α-hetero) is 1. The Morgan fingerprint density at radius 2 is 2.50 bits per heavy atom. The quantitative estimate of drug-likeness (QED) is 0.737. The van der Waals surface area contributed by atoms with E-state index in [0.29, 0.717) is 0 Å². The summed E-state index contributed by atoms with van der Waals surface area (Å²) in [7, 11) is 0. The molecular weight excluding hydrogens is 152 g/mol. The van der Waals surface area contributed by atoms with E-state index in [1.165, 1.54) is 0 Å². The maximum absolute atomic E-state index is 11.1. The molecule has 0 aliphatic carbocycles. The molecule has 1 heterocycles. The Bertz CT molecular complexity index is 241. The van der Waals surface area contributed by atoms with E-state index in [1.54, 1.807) is 19.4 Å². The van der Waals surface area contributed by atoms with Crippen molar-refractivity contribution in [2.45, 2.75) is 26.7 Å². The Labute approximate surface area is 72.2 Å². The van der Waals surface area contributed by atoms with Crippen LogP contribution in [0.25, 0.3) is 0 Å². The fourth-order valence-corrected chi connectivity index (χ4v) is 1.24. The summed E-state index contributed by atoms with van der Waals surface area (Å²) in [5.41, 5.74) is 1.04. The normalized spacial score (nSPS) is 12.8. The summed E-state index contributed by atoms with van der Waals surface area (Å²) in [5.74, 6) is 0.401. The lowest BCUT2D eigenvalue weighted by atomic mass is 9.97. The predicted molar refractivity (Wildman–Crippen MR) is 46.8 cm³/mol. The van der Waals surface area contributed by atoms with Gasteiger partial charge in [0.05, 0.1) is 6.33 Å². The van der Waals surface area contributed by atoms with Crippen molar-refractivity contribution in [3.63, 3.8) is 0 Å². The zero-order valence-electron chi connectivity index (χ0n) is 7.50. The van der Waals surface area contributed by atoms with Crippen LogP contribution in [0, 0.1) is 5.92 Å². The van der Waals surface area contributed by atoms with E-state index in [1.807, 2.05) is 6.92 Å². The van der Waals surface area contributed by atoms with Crippen LogP contribution in [0.4, 0.5) is 0 Å². The molecule has 3 heteroatoms. The average molecular weight is 166 g/mol. The van der Waals surface area contributed by atoms with Crippen molar-refractivity contribution in [3.05, 3.63) is 18.2 Å². The Morgan fingerprint density at radius 1 is 1.75 bits per heavy atom. The molecule has 0 spiro atoms. The highest BCUT2D eigenvalue weighted by molar-refractivity contribution is 5.78. The fraction of sp³-hybridized carbons (Fsp3) is 0.556. The summed E-state index contributed by atoms with van der Waals surface area (Å²) >= 11 is 0. The molecule has 1 rings (SSSR count). The number of nitrogens with one attached hydrogen (secondary N) is 1. The van der Waals surface area contributed by atoms with Crippen molar-refractivity contribution in [2.75, 3.05) is 0 Å². The van der Waals surface area contributed by atoms with E-state index in [2.05, 4.69) is 9.97 Å². The van der Waals surface area contributed by atoms with Gasteiger partial charge in [0.15, 0.2) is 0 Å². The number of H-pyrrole nitrogens is 1. The molecular formula is C9H14N2O. The SMILES string of the molecule is CC[C@H](Cc1cnc[nH]1)C(C)=O. The Hall–Kier alpha value is -1.12. The molecule has 0 bridgehead atoms. The van der Waals surface area contributed by atoms with Gasteiger partial charge >= 0.3 is 0 Å². The third-order valence-electron chi connectivity index (χ3n) is 2.09. The Morgan fingerprint density at radius 3 is 2.92 bits per heavy atom. The number of nitrogens with zero attached hydrogens (tertiary/aromatic N) is 1. The predicted octanol–water partition coefficient (Wildman–Crippen LogP) is 1.57. The van der Waals surface area contributed by atoms with Gasteiger partial charge in [-0.05, 0) is 19.8 Å². The minimum atomic E-state index is 0.144. The van der Waals surface area contributed by atoms with Crippen LogP contribution in [-0.4, -0.2) is 15.8 Å². The molecule has 0 aliphatic rings. The number of hydrogen-bond donors (Lipinski definition) is 1. The number of imidazole rings is 1.